The van der Waals surface area contributed by atoms with Gasteiger partial charge in [-0.3, -0.25) is 14.9 Å². The van der Waals surface area contributed by atoms with Gasteiger partial charge < -0.3 is 4.74 Å². The Kier molecular flexibility index (Phi) is 5.11. The Morgan fingerprint density at radius 1 is 1.19 bits per heavy atom. The third-order valence-corrected chi connectivity index (χ3v) is 4.22. The van der Waals surface area contributed by atoms with E-state index in [2.05, 4.69) is 15.3 Å². The summed E-state index contributed by atoms with van der Waals surface area (Å²) in [6.45, 7) is 1.37. The van der Waals surface area contributed by atoms with Crippen LogP contribution in [0.15, 0.2) is 42.7 Å². The van der Waals surface area contributed by atoms with Gasteiger partial charge in [0.25, 0.3) is 5.91 Å². The number of carbonyl (C=O) groups excluding carboxylic acids is 2. The van der Waals surface area contributed by atoms with Crippen LogP contribution in [0.5, 0.6) is 0 Å². The Morgan fingerprint density at radius 3 is 2.52 bits per heavy atom. The fourth-order valence-electron chi connectivity index (χ4n) is 2.77. The average Bonchev–Trinajstić information content (AvgIpc) is 3.42. The molecular formula is C18H16F3N3O3. The molecule has 1 fully saturated rings. The highest BCUT2D eigenvalue weighted by molar-refractivity contribution is 5.94. The number of ether oxygens (including phenoxy) is 1. The summed E-state index contributed by atoms with van der Waals surface area (Å²) in [6.07, 6.45) is -2.49. The van der Waals surface area contributed by atoms with Crippen LogP contribution < -0.4 is 5.32 Å². The zero-order chi connectivity index (χ0) is 19.6. The number of rotatable bonds is 5. The fourth-order valence-corrected chi connectivity index (χ4v) is 2.77. The fraction of sp³-hybridized carbons (Fsp3) is 0.333. The van der Waals surface area contributed by atoms with Gasteiger partial charge in [0.15, 0.2) is 6.10 Å². The van der Waals surface area contributed by atoms with Crippen LogP contribution in [0.4, 0.5) is 19.1 Å². The van der Waals surface area contributed by atoms with Crippen molar-refractivity contribution in [3.8, 4) is 0 Å². The molecule has 0 aliphatic heterocycles. The van der Waals surface area contributed by atoms with Gasteiger partial charge in [-0.25, -0.2) is 9.97 Å². The molecule has 1 N–H and O–H groups in total. The molecule has 0 radical (unpaired) electrons. The Hall–Kier alpha value is -2.97. The number of aromatic nitrogens is 2. The number of amides is 1. The van der Waals surface area contributed by atoms with Gasteiger partial charge in [-0.15, -0.1) is 0 Å². The molecule has 142 valence electrons. The molecule has 1 saturated carbocycles. The van der Waals surface area contributed by atoms with Gasteiger partial charge in [0.1, 0.15) is 0 Å². The minimum Gasteiger partial charge on any atom is -0.452 e. The number of nitrogens with one attached hydrogen (secondary N) is 1. The summed E-state index contributed by atoms with van der Waals surface area (Å²) in [5.74, 6) is -2.52. The molecule has 3 rings (SSSR count). The number of benzene rings is 1. The van der Waals surface area contributed by atoms with E-state index in [1.807, 2.05) is 0 Å². The number of hydrogen-bond acceptors (Lipinski definition) is 5. The molecule has 1 aromatic carbocycles. The van der Waals surface area contributed by atoms with Crippen LogP contribution in [-0.4, -0.2) is 27.9 Å². The largest absolute Gasteiger partial charge is 0.452 e. The van der Waals surface area contributed by atoms with Gasteiger partial charge in [-0.1, -0.05) is 18.2 Å². The highest BCUT2D eigenvalue weighted by Gasteiger charge is 2.49. The molecule has 2 aromatic rings. The molecule has 1 aliphatic rings. The van der Waals surface area contributed by atoms with Gasteiger partial charge in [-0.2, -0.15) is 13.2 Å². The Morgan fingerprint density at radius 2 is 1.85 bits per heavy atom. The van der Waals surface area contributed by atoms with Gasteiger partial charge in [0.2, 0.25) is 5.95 Å². The number of esters is 1. The van der Waals surface area contributed by atoms with Crippen molar-refractivity contribution < 1.29 is 27.5 Å². The van der Waals surface area contributed by atoms with Crippen LogP contribution in [0.25, 0.3) is 0 Å². The van der Waals surface area contributed by atoms with Gasteiger partial charge >= 0.3 is 12.1 Å². The summed E-state index contributed by atoms with van der Waals surface area (Å²) in [5, 5.41) is 2.39. The molecule has 3 atom stereocenters. The van der Waals surface area contributed by atoms with Crippen LogP contribution in [0.3, 0.4) is 0 Å². The first kappa shape index (κ1) is 18.8. The second-order valence-corrected chi connectivity index (χ2v) is 6.17. The number of alkyl halides is 3. The first-order valence-corrected chi connectivity index (χ1v) is 8.22. The second kappa shape index (κ2) is 7.34. The Labute approximate surface area is 152 Å². The lowest BCUT2D eigenvalue weighted by molar-refractivity contribution is -0.154. The lowest BCUT2D eigenvalue weighted by atomic mass is 10.0. The first-order valence-electron chi connectivity index (χ1n) is 8.22. The maximum absolute atomic E-state index is 13.1. The van der Waals surface area contributed by atoms with Crippen molar-refractivity contribution in [2.24, 2.45) is 5.92 Å². The Bertz CT molecular complexity index is 842. The van der Waals surface area contributed by atoms with Crippen LogP contribution >= 0.6 is 0 Å². The molecule has 1 heterocycles. The maximum atomic E-state index is 13.1. The predicted molar refractivity (Wildman–Crippen MR) is 88.5 cm³/mol. The average molecular weight is 379 g/mol. The van der Waals surface area contributed by atoms with E-state index in [1.54, 1.807) is 6.07 Å². The third kappa shape index (κ3) is 4.42. The molecule has 1 aliphatic carbocycles. The molecular weight excluding hydrogens is 363 g/mol. The molecule has 9 heteroatoms. The normalized spacial score (nSPS) is 19.9. The lowest BCUT2D eigenvalue weighted by Gasteiger charge is -2.14. The number of carbonyl (C=O) groups is 2. The molecule has 0 saturated heterocycles. The zero-order valence-corrected chi connectivity index (χ0v) is 14.2. The zero-order valence-electron chi connectivity index (χ0n) is 14.2. The summed E-state index contributed by atoms with van der Waals surface area (Å²) in [6, 6.07) is 6.74. The summed E-state index contributed by atoms with van der Waals surface area (Å²) >= 11 is 0. The topological polar surface area (TPSA) is 81.2 Å². The summed E-state index contributed by atoms with van der Waals surface area (Å²) in [7, 11) is 0. The van der Waals surface area contributed by atoms with Crippen LogP contribution in [0.2, 0.25) is 0 Å². The standard InChI is InChI=1S/C18H16F3N3O3/c1-10(15(25)24-17-22-7-4-8-23-17)27-16(26)13-9-12(13)11-5-2-3-6-14(11)18(19,20)21/h2-8,10,12-13H,9H2,1H3,(H,22,23,24,25)/t10-,12+,13-/m0/s1. The van der Waals surface area contributed by atoms with Crippen molar-refractivity contribution in [3.05, 3.63) is 53.9 Å². The van der Waals surface area contributed by atoms with E-state index >= 15 is 0 Å². The van der Waals surface area contributed by atoms with Crippen molar-refractivity contribution >= 4 is 17.8 Å². The minimum atomic E-state index is -4.49. The van der Waals surface area contributed by atoms with Gasteiger partial charge in [0.05, 0.1) is 11.5 Å². The molecule has 0 unspecified atom stereocenters. The second-order valence-electron chi connectivity index (χ2n) is 6.17. The number of halogens is 3. The maximum Gasteiger partial charge on any atom is 0.416 e. The minimum absolute atomic E-state index is 0.0637. The van der Waals surface area contributed by atoms with E-state index in [9.17, 15) is 22.8 Å². The van der Waals surface area contributed by atoms with Gasteiger partial charge in [-0.05, 0) is 37.0 Å². The number of nitrogens with zero attached hydrogens (tertiary/aromatic N) is 2. The van der Waals surface area contributed by atoms with Gasteiger partial charge in [0, 0.05) is 12.4 Å². The van der Waals surface area contributed by atoms with E-state index in [-0.39, 0.29) is 17.9 Å². The van der Waals surface area contributed by atoms with Crippen molar-refractivity contribution in [3.63, 3.8) is 0 Å². The smallest absolute Gasteiger partial charge is 0.416 e. The van der Waals surface area contributed by atoms with Crippen molar-refractivity contribution in [1.29, 1.82) is 0 Å². The highest BCUT2D eigenvalue weighted by Crippen LogP contribution is 2.51. The van der Waals surface area contributed by atoms with Crippen LogP contribution in [-0.2, 0) is 20.5 Å². The Balaban J connectivity index is 1.60. The summed E-state index contributed by atoms with van der Waals surface area (Å²) in [5.41, 5.74) is -0.681. The van der Waals surface area contributed by atoms with Crippen LogP contribution in [0.1, 0.15) is 30.4 Å². The van der Waals surface area contributed by atoms with Crippen molar-refractivity contribution in [2.75, 3.05) is 5.32 Å². The summed E-state index contributed by atoms with van der Waals surface area (Å²) in [4.78, 5) is 31.9. The molecule has 0 spiro atoms. The van der Waals surface area contributed by atoms with Crippen LogP contribution in [0, 0.1) is 5.92 Å². The molecule has 27 heavy (non-hydrogen) atoms. The quantitative estimate of drug-likeness (QED) is 0.807. The van der Waals surface area contributed by atoms with E-state index in [0.717, 1.165) is 6.07 Å². The summed E-state index contributed by atoms with van der Waals surface area (Å²) < 4.78 is 44.4. The van der Waals surface area contributed by atoms with Crippen molar-refractivity contribution in [1.82, 2.24) is 9.97 Å². The highest BCUT2D eigenvalue weighted by atomic mass is 19.4. The molecule has 0 bridgehead atoms. The van der Waals surface area contributed by atoms with E-state index in [0.29, 0.717) is 0 Å². The number of hydrogen-bond donors (Lipinski definition) is 1. The number of anilines is 1. The SMILES string of the molecule is C[C@H](OC(=O)[C@H]1C[C@@H]1c1ccccc1C(F)(F)F)C(=O)Nc1ncccn1. The molecule has 6 nitrogen and oxygen atoms in total. The predicted octanol–water partition coefficient (Wildman–Crippen LogP) is 3.17. The first-order chi connectivity index (χ1) is 12.8. The van der Waals surface area contributed by atoms with E-state index in [4.69, 9.17) is 4.74 Å². The molecule has 1 aromatic heterocycles. The monoisotopic (exact) mass is 379 g/mol. The lowest BCUT2D eigenvalue weighted by Crippen LogP contribution is -2.31. The van der Waals surface area contributed by atoms with E-state index < -0.39 is 41.6 Å². The molecule has 1 amide bonds. The van der Waals surface area contributed by atoms with Crippen molar-refractivity contribution in [2.45, 2.75) is 31.5 Å². The van der Waals surface area contributed by atoms with E-state index in [1.165, 1.54) is 37.5 Å². The third-order valence-electron chi connectivity index (χ3n) is 4.22.